The third-order valence-electron chi connectivity index (χ3n) is 3.85. The zero-order valence-corrected chi connectivity index (χ0v) is 17.2. The van der Waals surface area contributed by atoms with Gasteiger partial charge in [-0.05, 0) is 46.3 Å². The minimum Gasteiger partial charge on any atom is -0.444 e. The van der Waals surface area contributed by atoms with Crippen LogP contribution in [0.25, 0.3) is 10.6 Å². The van der Waals surface area contributed by atoms with E-state index < -0.39 is 5.91 Å². The topological polar surface area (TPSA) is 97.1 Å². The van der Waals surface area contributed by atoms with E-state index in [1.165, 1.54) is 11.3 Å². The van der Waals surface area contributed by atoms with Crippen molar-refractivity contribution in [3.05, 3.63) is 82.7 Å². The number of nitrogens with one attached hydrogen (secondary N) is 2. The van der Waals surface area contributed by atoms with Crippen LogP contribution >= 0.6 is 27.3 Å². The first-order valence-corrected chi connectivity index (χ1v) is 10.1. The van der Waals surface area contributed by atoms with Crippen LogP contribution < -0.4 is 10.6 Å². The molecule has 144 valence electrons. The van der Waals surface area contributed by atoms with Gasteiger partial charge in [-0.3, -0.25) is 14.9 Å². The number of halogens is 1. The zero-order valence-electron chi connectivity index (χ0n) is 14.8. The summed E-state index contributed by atoms with van der Waals surface area (Å²) < 4.78 is 5.69. The summed E-state index contributed by atoms with van der Waals surface area (Å²) in [6, 6.07) is 19.4. The maximum absolute atomic E-state index is 12.6. The van der Waals surface area contributed by atoms with Crippen molar-refractivity contribution in [2.24, 2.45) is 0 Å². The summed E-state index contributed by atoms with van der Waals surface area (Å²) in [5.41, 5.74) is 1.78. The number of benzene rings is 2. The molecule has 29 heavy (non-hydrogen) atoms. The third-order valence-corrected chi connectivity index (χ3v) is 5.16. The highest BCUT2D eigenvalue weighted by Gasteiger charge is 2.14. The van der Waals surface area contributed by atoms with Crippen LogP contribution in [0.15, 0.2) is 75.8 Å². The Morgan fingerprint density at radius 2 is 1.72 bits per heavy atom. The second-order valence-corrected chi connectivity index (χ2v) is 7.63. The van der Waals surface area contributed by atoms with Gasteiger partial charge in [0.05, 0.1) is 0 Å². The second-order valence-electron chi connectivity index (χ2n) is 5.87. The number of amides is 2. The highest BCUT2D eigenvalue weighted by molar-refractivity contribution is 9.10. The summed E-state index contributed by atoms with van der Waals surface area (Å²) in [5, 5.41) is 14.7. The van der Waals surface area contributed by atoms with E-state index in [1.807, 2.05) is 30.3 Å². The molecular formula is C20H13BrN4O3S. The minimum absolute atomic E-state index is 0.161. The van der Waals surface area contributed by atoms with Crippen LogP contribution in [0.3, 0.4) is 0 Å². The molecule has 2 amide bonds. The van der Waals surface area contributed by atoms with Gasteiger partial charge in [0.1, 0.15) is 5.01 Å². The van der Waals surface area contributed by atoms with Gasteiger partial charge in [-0.15, -0.1) is 10.2 Å². The Morgan fingerprint density at radius 3 is 2.48 bits per heavy atom. The lowest BCUT2D eigenvalue weighted by Gasteiger charge is -2.06. The van der Waals surface area contributed by atoms with Crippen molar-refractivity contribution in [2.45, 2.75) is 0 Å². The number of rotatable bonds is 5. The Kier molecular flexibility index (Phi) is 5.50. The van der Waals surface area contributed by atoms with Crippen LogP contribution in [0.4, 0.5) is 10.8 Å². The van der Waals surface area contributed by atoms with E-state index >= 15 is 0 Å². The number of hydrogen-bond donors (Lipinski definition) is 2. The summed E-state index contributed by atoms with van der Waals surface area (Å²) in [6.45, 7) is 0. The van der Waals surface area contributed by atoms with Gasteiger partial charge < -0.3 is 9.73 Å². The Balaban J connectivity index is 1.45. The van der Waals surface area contributed by atoms with Crippen molar-refractivity contribution < 1.29 is 14.0 Å². The largest absolute Gasteiger partial charge is 0.444 e. The summed E-state index contributed by atoms with van der Waals surface area (Å²) in [6.07, 6.45) is 0. The first kappa shape index (κ1) is 19.0. The van der Waals surface area contributed by atoms with Crippen LogP contribution in [-0.2, 0) is 0 Å². The molecule has 2 aromatic carbocycles. The number of furan rings is 1. The quantitative estimate of drug-likeness (QED) is 0.426. The van der Waals surface area contributed by atoms with Crippen LogP contribution in [-0.4, -0.2) is 22.0 Å². The minimum atomic E-state index is -0.412. The molecule has 2 N–H and O–H groups in total. The fourth-order valence-electron chi connectivity index (χ4n) is 2.51. The number of anilines is 2. The lowest BCUT2D eigenvalue weighted by molar-refractivity contribution is 0.0992. The summed E-state index contributed by atoms with van der Waals surface area (Å²) >= 11 is 4.44. The third kappa shape index (κ3) is 4.58. The molecule has 0 fully saturated rings. The van der Waals surface area contributed by atoms with E-state index in [9.17, 15) is 9.59 Å². The molecule has 0 atom stereocenters. The maximum Gasteiger partial charge on any atom is 0.291 e. The van der Waals surface area contributed by atoms with Gasteiger partial charge in [0.2, 0.25) is 5.13 Å². The van der Waals surface area contributed by atoms with Crippen molar-refractivity contribution in [1.29, 1.82) is 0 Å². The summed E-state index contributed by atoms with van der Waals surface area (Å²) in [5.74, 6) is -0.600. The van der Waals surface area contributed by atoms with Gasteiger partial charge in [0, 0.05) is 16.8 Å². The molecule has 0 aliphatic rings. The van der Waals surface area contributed by atoms with Gasteiger partial charge in [0.15, 0.2) is 10.4 Å². The number of aromatic nitrogens is 2. The van der Waals surface area contributed by atoms with Crippen molar-refractivity contribution in [2.75, 3.05) is 10.6 Å². The predicted molar refractivity (Wildman–Crippen MR) is 114 cm³/mol. The Hall–Kier alpha value is -3.30. The lowest BCUT2D eigenvalue weighted by Crippen LogP contribution is -2.14. The number of carbonyl (C=O) groups excluding carboxylic acids is 2. The molecule has 0 radical (unpaired) electrons. The van der Waals surface area contributed by atoms with E-state index in [2.05, 4.69) is 36.8 Å². The van der Waals surface area contributed by atoms with Gasteiger partial charge in [0.25, 0.3) is 11.8 Å². The van der Waals surface area contributed by atoms with E-state index in [1.54, 1.807) is 36.4 Å². The second kappa shape index (κ2) is 8.38. The molecule has 4 rings (SSSR count). The molecule has 0 aliphatic heterocycles. The van der Waals surface area contributed by atoms with Gasteiger partial charge in [-0.2, -0.15) is 0 Å². The molecule has 0 saturated carbocycles. The maximum atomic E-state index is 12.6. The SMILES string of the molecule is O=C(Nc1nnc(-c2ccccc2)s1)c1cccc(NC(=O)c2ccc(Br)o2)c1. The van der Waals surface area contributed by atoms with Crippen molar-refractivity contribution in [3.63, 3.8) is 0 Å². The van der Waals surface area contributed by atoms with Crippen molar-refractivity contribution in [1.82, 2.24) is 10.2 Å². The number of carbonyl (C=O) groups is 2. The smallest absolute Gasteiger partial charge is 0.291 e. The number of hydrogen-bond acceptors (Lipinski definition) is 6. The molecule has 9 heteroatoms. The Labute approximate surface area is 177 Å². The highest BCUT2D eigenvalue weighted by atomic mass is 79.9. The zero-order chi connectivity index (χ0) is 20.2. The van der Waals surface area contributed by atoms with E-state index in [0.29, 0.717) is 26.1 Å². The normalized spacial score (nSPS) is 10.5. The molecule has 0 saturated heterocycles. The molecule has 2 heterocycles. The average molecular weight is 469 g/mol. The van der Waals surface area contributed by atoms with Gasteiger partial charge in [-0.1, -0.05) is 47.7 Å². The van der Waals surface area contributed by atoms with Gasteiger partial charge in [-0.25, -0.2) is 0 Å². The lowest BCUT2D eigenvalue weighted by atomic mass is 10.2. The fraction of sp³-hybridized carbons (Fsp3) is 0. The molecular weight excluding hydrogens is 456 g/mol. The molecule has 7 nitrogen and oxygen atoms in total. The Morgan fingerprint density at radius 1 is 0.897 bits per heavy atom. The molecule has 0 spiro atoms. The molecule has 0 bridgehead atoms. The van der Waals surface area contributed by atoms with Crippen molar-refractivity contribution in [3.8, 4) is 10.6 Å². The first-order chi connectivity index (χ1) is 14.1. The Bertz CT molecular complexity index is 1170. The summed E-state index contributed by atoms with van der Waals surface area (Å²) in [7, 11) is 0. The average Bonchev–Trinajstić information content (AvgIpc) is 3.38. The van der Waals surface area contributed by atoms with E-state index in [0.717, 1.165) is 5.56 Å². The van der Waals surface area contributed by atoms with Crippen LogP contribution in [0, 0.1) is 0 Å². The predicted octanol–water partition coefficient (Wildman–Crippen LogP) is 5.07. The molecule has 0 unspecified atom stereocenters. The van der Waals surface area contributed by atoms with Crippen molar-refractivity contribution >= 4 is 49.9 Å². The standard InChI is InChI=1S/C20H13BrN4O3S/c21-16-10-9-15(28-16)18(27)22-14-8-4-7-13(11-14)17(26)23-20-25-24-19(29-20)12-5-2-1-3-6-12/h1-11H,(H,22,27)(H,23,25,26). The molecule has 4 aromatic rings. The first-order valence-electron chi connectivity index (χ1n) is 8.45. The summed E-state index contributed by atoms with van der Waals surface area (Å²) in [4.78, 5) is 24.8. The number of nitrogens with zero attached hydrogens (tertiary/aromatic N) is 2. The molecule has 0 aliphatic carbocycles. The van der Waals surface area contributed by atoms with Crippen LogP contribution in [0.2, 0.25) is 0 Å². The fourth-order valence-corrected chi connectivity index (χ4v) is 3.56. The van der Waals surface area contributed by atoms with Gasteiger partial charge >= 0.3 is 0 Å². The highest BCUT2D eigenvalue weighted by Crippen LogP contribution is 2.26. The van der Waals surface area contributed by atoms with E-state index in [4.69, 9.17) is 4.42 Å². The monoisotopic (exact) mass is 468 g/mol. The van der Waals surface area contributed by atoms with Crippen LogP contribution in [0.5, 0.6) is 0 Å². The molecule has 2 aromatic heterocycles. The van der Waals surface area contributed by atoms with E-state index in [-0.39, 0.29) is 11.7 Å². The van der Waals surface area contributed by atoms with Crippen LogP contribution in [0.1, 0.15) is 20.9 Å².